The van der Waals surface area contributed by atoms with E-state index in [1.807, 2.05) is 0 Å². The molecule has 21 heavy (non-hydrogen) atoms. The zero-order valence-electron chi connectivity index (χ0n) is 13.2. The molecule has 0 aliphatic heterocycles. The van der Waals surface area contributed by atoms with Crippen molar-refractivity contribution >= 4 is 0 Å². The van der Waals surface area contributed by atoms with E-state index in [1.54, 1.807) is 0 Å². The van der Waals surface area contributed by atoms with Crippen molar-refractivity contribution in [1.82, 2.24) is 4.90 Å². The Bertz CT molecular complexity index is 292. The standard InChI is InChI=1S/C16H31N3O2/c20-12-10-19(11-13-21)16-8-6-15(7-9-16)18-17-14-4-2-1-3-5-14/h14-16,20-21H,1-13H2. The van der Waals surface area contributed by atoms with Crippen LogP contribution in [0.5, 0.6) is 0 Å². The van der Waals surface area contributed by atoms with E-state index >= 15 is 0 Å². The molecule has 2 fully saturated rings. The fourth-order valence-electron chi connectivity index (χ4n) is 3.66. The molecule has 5 nitrogen and oxygen atoms in total. The van der Waals surface area contributed by atoms with Crippen LogP contribution in [0.1, 0.15) is 57.8 Å². The van der Waals surface area contributed by atoms with Gasteiger partial charge in [-0.2, -0.15) is 10.2 Å². The molecule has 5 heteroatoms. The van der Waals surface area contributed by atoms with Gasteiger partial charge < -0.3 is 10.2 Å². The van der Waals surface area contributed by atoms with Gasteiger partial charge in [-0.1, -0.05) is 19.3 Å². The number of rotatable bonds is 7. The van der Waals surface area contributed by atoms with Gasteiger partial charge in [-0.3, -0.25) is 4.90 Å². The molecule has 0 aromatic heterocycles. The van der Waals surface area contributed by atoms with Crippen LogP contribution in [-0.2, 0) is 0 Å². The molecule has 0 heterocycles. The van der Waals surface area contributed by atoms with Gasteiger partial charge in [0.15, 0.2) is 0 Å². The maximum absolute atomic E-state index is 9.12. The van der Waals surface area contributed by atoms with Gasteiger partial charge in [-0.05, 0) is 38.5 Å². The van der Waals surface area contributed by atoms with Crippen molar-refractivity contribution in [3.8, 4) is 0 Å². The predicted molar refractivity (Wildman–Crippen MR) is 83.5 cm³/mol. The van der Waals surface area contributed by atoms with Gasteiger partial charge in [0.25, 0.3) is 0 Å². The van der Waals surface area contributed by atoms with E-state index in [4.69, 9.17) is 10.2 Å². The Morgan fingerprint density at radius 3 is 1.76 bits per heavy atom. The van der Waals surface area contributed by atoms with Crippen LogP contribution in [0, 0.1) is 0 Å². The fourth-order valence-corrected chi connectivity index (χ4v) is 3.66. The Labute approximate surface area is 128 Å². The number of azo groups is 1. The molecule has 2 aliphatic rings. The molecule has 2 N–H and O–H groups in total. The lowest BCUT2D eigenvalue weighted by Gasteiger charge is -2.35. The van der Waals surface area contributed by atoms with E-state index in [0.29, 0.717) is 31.2 Å². The van der Waals surface area contributed by atoms with Crippen LogP contribution in [0.2, 0.25) is 0 Å². The summed E-state index contributed by atoms with van der Waals surface area (Å²) in [5.41, 5.74) is 0. The smallest absolute Gasteiger partial charge is 0.0709 e. The Kier molecular flexibility index (Phi) is 7.61. The van der Waals surface area contributed by atoms with Gasteiger partial charge in [0.1, 0.15) is 0 Å². The molecule has 0 radical (unpaired) electrons. The molecule has 2 aliphatic carbocycles. The van der Waals surface area contributed by atoms with E-state index in [0.717, 1.165) is 25.7 Å². The second-order valence-corrected chi connectivity index (χ2v) is 6.47. The number of hydrogen-bond acceptors (Lipinski definition) is 5. The zero-order valence-corrected chi connectivity index (χ0v) is 13.2. The summed E-state index contributed by atoms with van der Waals surface area (Å²) in [4.78, 5) is 2.22. The van der Waals surface area contributed by atoms with Crippen LogP contribution < -0.4 is 0 Å². The number of aliphatic hydroxyl groups excluding tert-OH is 2. The molecule has 0 atom stereocenters. The molecule has 0 unspecified atom stereocenters. The zero-order chi connectivity index (χ0) is 14.9. The molecular weight excluding hydrogens is 266 g/mol. The summed E-state index contributed by atoms with van der Waals surface area (Å²) < 4.78 is 0. The van der Waals surface area contributed by atoms with Gasteiger partial charge in [0.05, 0.1) is 25.3 Å². The Morgan fingerprint density at radius 2 is 1.24 bits per heavy atom. The van der Waals surface area contributed by atoms with E-state index in [-0.39, 0.29) is 13.2 Å². The van der Waals surface area contributed by atoms with Crippen molar-refractivity contribution < 1.29 is 10.2 Å². The van der Waals surface area contributed by atoms with E-state index in [2.05, 4.69) is 15.1 Å². The molecule has 122 valence electrons. The van der Waals surface area contributed by atoms with Crippen LogP contribution in [-0.4, -0.2) is 59.5 Å². The van der Waals surface area contributed by atoms with Crippen molar-refractivity contribution in [3.63, 3.8) is 0 Å². The second-order valence-electron chi connectivity index (χ2n) is 6.47. The van der Waals surface area contributed by atoms with Gasteiger partial charge in [-0.25, -0.2) is 0 Å². The first-order chi connectivity index (χ1) is 10.3. The largest absolute Gasteiger partial charge is 0.395 e. The Balaban J connectivity index is 1.72. The highest BCUT2D eigenvalue weighted by Crippen LogP contribution is 2.27. The lowest BCUT2D eigenvalue weighted by Crippen LogP contribution is -2.42. The Morgan fingerprint density at radius 1 is 0.714 bits per heavy atom. The van der Waals surface area contributed by atoms with Crippen molar-refractivity contribution in [1.29, 1.82) is 0 Å². The van der Waals surface area contributed by atoms with E-state index in [1.165, 1.54) is 32.1 Å². The lowest BCUT2D eigenvalue weighted by molar-refractivity contribution is 0.0974. The summed E-state index contributed by atoms with van der Waals surface area (Å²) >= 11 is 0. The van der Waals surface area contributed by atoms with Gasteiger partial charge in [-0.15, -0.1) is 0 Å². The number of hydrogen-bond donors (Lipinski definition) is 2. The van der Waals surface area contributed by atoms with Crippen molar-refractivity contribution in [2.24, 2.45) is 10.2 Å². The first-order valence-electron chi connectivity index (χ1n) is 8.69. The molecule has 0 spiro atoms. The van der Waals surface area contributed by atoms with Crippen molar-refractivity contribution in [2.45, 2.75) is 75.9 Å². The highest BCUT2D eigenvalue weighted by Gasteiger charge is 2.25. The molecule has 2 saturated carbocycles. The second kappa shape index (κ2) is 9.49. The molecule has 2 rings (SSSR count). The third kappa shape index (κ3) is 5.64. The monoisotopic (exact) mass is 297 g/mol. The summed E-state index contributed by atoms with van der Waals surface area (Å²) in [7, 11) is 0. The summed E-state index contributed by atoms with van der Waals surface area (Å²) in [5, 5.41) is 27.4. The van der Waals surface area contributed by atoms with Crippen LogP contribution in [0.25, 0.3) is 0 Å². The predicted octanol–water partition coefficient (Wildman–Crippen LogP) is 2.37. The molecule has 0 bridgehead atoms. The maximum Gasteiger partial charge on any atom is 0.0709 e. The molecule has 0 saturated heterocycles. The van der Waals surface area contributed by atoms with Gasteiger partial charge in [0, 0.05) is 19.1 Å². The number of aliphatic hydroxyl groups is 2. The van der Waals surface area contributed by atoms with Crippen LogP contribution in [0.3, 0.4) is 0 Å². The highest BCUT2D eigenvalue weighted by molar-refractivity contribution is 4.83. The first kappa shape index (κ1) is 16.8. The summed E-state index contributed by atoms with van der Waals surface area (Å²) in [6, 6.07) is 1.37. The normalized spacial score (nSPS) is 28.5. The molecule has 0 aromatic carbocycles. The third-order valence-electron chi connectivity index (χ3n) is 4.93. The van der Waals surface area contributed by atoms with Gasteiger partial charge >= 0.3 is 0 Å². The Hall–Kier alpha value is -0.520. The third-order valence-corrected chi connectivity index (χ3v) is 4.93. The first-order valence-corrected chi connectivity index (χ1v) is 8.69. The molecular formula is C16H31N3O2. The minimum absolute atomic E-state index is 0.168. The van der Waals surface area contributed by atoms with E-state index < -0.39 is 0 Å². The van der Waals surface area contributed by atoms with Crippen LogP contribution >= 0.6 is 0 Å². The van der Waals surface area contributed by atoms with E-state index in [9.17, 15) is 0 Å². The summed E-state index contributed by atoms with van der Waals surface area (Å²) in [6.45, 7) is 1.67. The fraction of sp³-hybridized carbons (Fsp3) is 1.00. The summed E-state index contributed by atoms with van der Waals surface area (Å²) in [5.74, 6) is 0. The molecule has 0 amide bonds. The minimum atomic E-state index is 0.168. The quantitative estimate of drug-likeness (QED) is 0.709. The van der Waals surface area contributed by atoms with Crippen LogP contribution in [0.4, 0.5) is 0 Å². The maximum atomic E-state index is 9.12. The topological polar surface area (TPSA) is 68.4 Å². The average Bonchev–Trinajstić information content (AvgIpc) is 2.54. The lowest BCUT2D eigenvalue weighted by atomic mass is 9.90. The average molecular weight is 297 g/mol. The van der Waals surface area contributed by atoms with Gasteiger partial charge in [0.2, 0.25) is 0 Å². The number of nitrogens with zero attached hydrogens (tertiary/aromatic N) is 3. The summed E-state index contributed by atoms with van der Waals surface area (Å²) in [6.07, 6.45) is 10.8. The SMILES string of the molecule is OCCN(CCO)C1CCC(N=NC2CCCCC2)CC1. The van der Waals surface area contributed by atoms with Crippen molar-refractivity contribution in [3.05, 3.63) is 0 Å². The van der Waals surface area contributed by atoms with Crippen LogP contribution in [0.15, 0.2) is 10.2 Å². The van der Waals surface area contributed by atoms with Crippen molar-refractivity contribution in [2.75, 3.05) is 26.3 Å². The minimum Gasteiger partial charge on any atom is -0.395 e. The molecule has 0 aromatic rings. The highest BCUT2D eigenvalue weighted by atomic mass is 16.3.